The fourth-order valence-corrected chi connectivity index (χ4v) is 7.26. The first-order valence-electron chi connectivity index (χ1n) is 15.9. The molecular formula is C44H26N4. The molecule has 4 nitrogen and oxygen atoms in total. The second-order valence-electron chi connectivity index (χ2n) is 12.0. The first kappa shape index (κ1) is 27.4. The lowest BCUT2D eigenvalue weighted by molar-refractivity contribution is 1.18. The molecule has 48 heavy (non-hydrogen) atoms. The van der Waals surface area contributed by atoms with Crippen molar-refractivity contribution in [2.45, 2.75) is 0 Å². The Morgan fingerprint density at radius 2 is 0.938 bits per heavy atom. The van der Waals surface area contributed by atoms with Gasteiger partial charge in [0.2, 0.25) is 0 Å². The lowest BCUT2D eigenvalue weighted by Crippen LogP contribution is -1.96. The molecule has 0 fully saturated rings. The van der Waals surface area contributed by atoms with Gasteiger partial charge in [-0.3, -0.25) is 0 Å². The third kappa shape index (κ3) is 4.14. The minimum atomic E-state index is 0.514. The summed E-state index contributed by atoms with van der Waals surface area (Å²) in [7, 11) is 0. The van der Waals surface area contributed by atoms with Gasteiger partial charge >= 0.3 is 0 Å². The van der Waals surface area contributed by atoms with Crippen molar-refractivity contribution < 1.29 is 0 Å². The molecule has 0 spiro atoms. The zero-order valence-electron chi connectivity index (χ0n) is 25.8. The number of para-hydroxylation sites is 4. The Balaban J connectivity index is 1.40. The van der Waals surface area contributed by atoms with Gasteiger partial charge in [-0.2, -0.15) is 10.5 Å². The molecule has 7 aromatic carbocycles. The summed E-state index contributed by atoms with van der Waals surface area (Å²) >= 11 is 0. The van der Waals surface area contributed by atoms with Crippen molar-refractivity contribution in [2.75, 3.05) is 0 Å². The highest BCUT2D eigenvalue weighted by Gasteiger charge is 2.20. The summed E-state index contributed by atoms with van der Waals surface area (Å²) in [4.78, 5) is 0. The Bertz CT molecular complexity index is 2790. The molecule has 0 bridgehead atoms. The smallest absolute Gasteiger partial charge is 0.0998 e. The molecule has 222 valence electrons. The highest BCUT2D eigenvalue weighted by Crippen LogP contribution is 2.43. The van der Waals surface area contributed by atoms with Crippen LogP contribution in [0.2, 0.25) is 0 Å². The van der Waals surface area contributed by atoms with Gasteiger partial charge in [-0.15, -0.1) is 0 Å². The Morgan fingerprint density at radius 3 is 1.56 bits per heavy atom. The van der Waals surface area contributed by atoms with Gasteiger partial charge in [0.05, 0.1) is 45.3 Å². The van der Waals surface area contributed by atoms with E-state index in [0.29, 0.717) is 11.1 Å². The Morgan fingerprint density at radius 1 is 0.375 bits per heavy atom. The third-order valence-corrected chi connectivity index (χ3v) is 9.38. The summed E-state index contributed by atoms with van der Waals surface area (Å²) < 4.78 is 4.60. The summed E-state index contributed by atoms with van der Waals surface area (Å²) in [5, 5.41) is 24.8. The Kier molecular flexibility index (Phi) is 6.22. The molecule has 0 unspecified atom stereocenters. The quantitative estimate of drug-likeness (QED) is 0.199. The molecule has 0 aliphatic heterocycles. The monoisotopic (exact) mass is 610 g/mol. The molecule has 0 amide bonds. The third-order valence-electron chi connectivity index (χ3n) is 9.38. The molecule has 0 N–H and O–H groups in total. The van der Waals surface area contributed by atoms with Crippen molar-refractivity contribution in [2.24, 2.45) is 0 Å². The van der Waals surface area contributed by atoms with Gasteiger partial charge in [-0.25, -0.2) is 0 Å². The molecule has 0 aliphatic carbocycles. The van der Waals surface area contributed by atoms with E-state index in [1.807, 2.05) is 18.2 Å². The van der Waals surface area contributed by atoms with Gasteiger partial charge in [-0.05, 0) is 95.6 Å². The first-order valence-corrected chi connectivity index (χ1v) is 15.9. The van der Waals surface area contributed by atoms with E-state index >= 15 is 0 Å². The lowest BCUT2D eigenvalue weighted by atomic mass is 9.89. The van der Waals surface area contributed by atoms with Crippen molar-refractivity contribution in [3.8, 4) is 45.8 Å². The number of fused-ring (bicyclic) bond motifs is 6. The lowest BCUT2D eigenvalue weighted by Gasteiger charge is -2.15. The largest absolute Gasteiger partial charge is 0.309 e. The van der Waals surface area contributed by atoms with Gasteiger partial charge < -0.3 is 9.13 Å². The van der Waals surface area contributed by atoms with Crippen molar-refractivity contribution in [3.05, 3.63) is 169 Å². The van der Waals surface area contributed by atoms with Crippen LogP contribution in [-0.4, -0.2) is 9.13 Å². The SMILES string of the molecule is N#Cc1ccc(C#N)c(-c2cc3c(cc2-c2ccc4c(c2)c2ccccc2n4-c2ccccc2)c2ccccc2n3-c2ccccc2)c1. The summed E-state index contributed by atoms with van der Waals surface area (Å²) in [5.74, 6) is 0. The van der Waals surface area contributed by atoms with E-state index in [4.69, 9.17) is 0 Å². The minimum Gasteiger partial charge on any atom is -0.309 e. The fourth-order valence-electron chi connectivity index (χ4n) is 7.26. The van der Waals surface area contributed by atoms with Gasteiger partial charge in [-0.1, -0.05) is 78.9 Å². The minimum absolute atomic E-state index is 0.514. The summed E-state index contributed by atoms with van der Waals surface area (Å²) in [5.41, 5.74) is 11.3. The number of benzene rings is 7. The predicted molar refractivity (Wildman–Crippen MR) is 195 cm³/mol. The maximum Gasteiger partial charge on any atom is 0.0998 e. The van der Waals surface area contributed by atoms with E-state index < -0.39 is 0 Å². The second kappa shape index (κ2) is 10.9. The van der Waals surface area contributed by atoms with E-state index in [2.05, 4.69) is 149 Å². The standard InChI is InChI=1S/C44H26N4/c45-27-29-19-20-31(28-46)36(23-29)38-26-44-40(35-16-8-10-18-42(35)48(44)33-13-5-2-6-14-33)25-37(38)30-21-22-43-39(24-30)34-15-7-9-17-41(34)47(43)32-11-3-1-4-12-32/h1-26H. The van der Waals surface area contributed by atoms with Crippen LogP contribution in [0.1, 0.15) is 11.1 Å². The zero-order chi connectivity index (χ0) is 32.2. The Hall–Kier alpha value is -6.88. The van der Waals surface area contributed by atoms with Crippen LogP contribution in [0.3, 0.4) is 0 Å². The van der Waals surface area contributed by atoms with Crippen LogP contribution < -0.4 is 0 Å². The van der Waals surface area contributed by atoms with Crippen LogP contribution in [0.5, 0.6) is 0 Å². The highest BCUT2D eigenvalue weighted by molar-refractivity contribution is 6.14. The fraction of sp³-hybridized carbons (Fsp3) is 0. The van der Waals surface area contributed by atoms with Gasteiger partial charge in [0.25, 0.3) is 0 Å². The molecule has 0 aliphatic rings. The van der Waals surface area contributed by atoms with Gasteiger partial charge in [0.1, 0.15) is 0 Å². The average Bonchev–Trinajstić information content (AvgIpc) is 3.66. The van der Waals surface area contributed by atoms with Crippen LogP contribution in [0.15, 0.2) is 158 Å². The van der Waals surface area contributed by atoms with Crippen molar-refractivity contribution in [1.82, 2.24) is 9.13 Å². The van der Waals surface area contributed by atoms with Crippen LogP contribution in [-0.2, 0) is 0 Å². The number of rotatable bonds is 4. The molecule has 0 radical (unpaired) electrons. The summed E-state index contributed by atoms with van der Waals surface area (Å²) in [6.07, 6.45) is 0. The van der Waals surface area contributed by atoms with E-state index in [9.17, 15) is 10.5 Å². The van der Waals surface area contributed by atoms with Crippen LogP contribution in [0.4, 0.5) is 0 Å². The van der Waals surface area contributed by atoms with E-state index in [-0.39, 0.29) is 0 Å². The Labute approximate surface area is 277 Å². The molecular weight excluding hydrogens is 585 g/mol. The highest BCUT2D eigenvalue weighted by atomic mass is 15.0. The van der Waals surface area contributed by atoms with Crippen molar-refractivity contribution in [3.63, 3.8) is 0 Å². The maximum atomic E-state index is 10.3. The molecule has 0 atom stereocenters. The number of hydrogen-bond donors (Lipinski definition) is 0. The number of hydrogen-bond acceptors (Lipinski definition) is 2. The summed E-state index contributed by atoms with van der Waals surface area (Å²) in [6.45, 7) is 0. The van der Waals surface area contributed by atoms with Crippen molar-refractivity contribution >= 4 is 43.6 Å². The van der Waals surface area contributed by atoms with Crippen LogP contribution >= 0.6 is 0 Å². The maximum absolute atomic E-state index is 10.3. The van der Waals surface area contributed by atoms with E-state index in [1.54, 1.807) is 12.1 Å². The van der Waals surface area contributed by atoms with E-state index in [1.165, 1.54) is 5.39 Å². The molecule has 2 aromatic heterocycles. The topological polar surface area (TPSA) is 57.4 Å². The summed E-state index contributed by atoms with van der Waals surface area (Å²) in [6, 6.07) is 59.0. The van der Waals surface area contributed by atoms with Crippen molar-refractivity contribution in [1.29, 1.82) is 10.5 Å². The normalized spacial score (nSPS) is 11.3. The van der Waals surface area contributed by atoms with Crippen LogP contribution in [0.25, 0.3) is 77.2 Å². The predicted octanol–water partition coefficient (Wildman–Crippen LogP) is 11.0. The number of nitriles is 2. The molecule has 9 rings (SSSR count). The van der Waals surface area contributed by atoms with Crippen LogP contribution in [0, 0.1) is 22.7 Å². The number of nitrogens with zero attached hydrogens (tertiary/aromatic N) is 4. The molecule has 9 aromatic rings. The first-order chi connectivity index (χ1) is 23.7. The molecule has 4 heteroatoms. The molecule has 0 saturated carbocycles. The molecule has 0 saturated heterocycles. The van der Waals surface area contributed by atoms with E-state index in [0.717, 1.165) is 71.9 Å². The van der Waals surface area contributed by atoms with Gasteiger partial charge in [0.15, 0.2) is 0 Å². The number of aromatic nitrogens is 2. The second-order valence-corrected chi connectivity index (χ2v) is 12.0. The molecule has 2 heterocycles. The zero-order valence-corrected chi connectivity index (χ0v) is 25.8. The average molecular weight is 611 g/mol. The van der Waals surface area contributed by atoms with Gasteiger partial charge in [0, 0.05) is 38.5 Å².